The lowest BCUT2D eigenvalue weighted by atomic mass is 10.0. The summed E-state index contributed by atoms with van der Waals surface area (Å²) in [5.74, 6) is 0.0747. The zero-order valence-corrected chi connectivity index (χ0v) is 13.3. The van der Waals surface area contributed by atoms with E-state index in [1.807, 2.05) is 13.8 Å². The van der Waals surface area contributed by atoms with Gasteiger partial charge in [0.15, 0.2) is 0 Å². The Balaban J connectivity index is 2.18. The molecule has 0 bridgehead atoms. The molecule has 6 nitrogen and oxygen atoms in total. The number of rotatable bonds is 10. The standard InChI is InChI=1S/C15H29NO5/c1-11(2)7-14(15(18)19-3)16-8-12(17)9-20-10-13-5-4-6-21-13/h11-14,16-17H,4-10H2,1-3H3. The van der Waals surface area contributed by atoms with Gasteiger partial charge < -0.3 is 24.6 Å². The van der Waals surface area contributed by atoms with Gasteiger partial charge in [0, 0.05) is 13.2 Å². The topological polar surface area (TPSA) is 77.0 Å². The van der Waals surface area contributed by atoms with E-state index in [0.29, 0.717) is 25.5 Å². The number of carbonyl (C=O) groups excluding carboxylic acids is 1. The number of aliphatic hydroxyl groups is 1. The Morgan fingerprint density at radius 3 is 2.81 bits per heavy atom. The Morgan fingerprint density at radius 1 is 1.48 bits per heavy atom. The molecule has 1 aliphatic rings. The molecule has 1 rings (SSSR count). The summed E-state index contributed by atoms with van der Waals surface area (Å²) < 4.78 is 15.7. The first kappa shape index (κ1) is 18.4. The van der Waals surface area contributed by atoms with Crippen LogP contribution in [0.3, 0.4) is 0 Å². The highest BCUT2D eigenvalue weighted by atomic mass is 16.5. The van der Waals surface area contributed by atoms with Gasteiger partial charge in [-0.05, 0) is 25.2 Å². The number of hydrogen-bond donors (Lipinski definition) is 2. The van der Waals surface area contributed by atoms with Crippen LogP contribution in [0.5, 0.6) is 0 Å². The number of nitrogens with one attached hydrogen (secondary N) is 1. The van der Waals surface area contributed by atoms with Crippen molar-refractivity contribution >= 4 is 5.97 Å². The Hall–Kier alpha value is -0.690. The van der Waals surface area contributed by atoms with Gasteiger partial charge in [-0.3, -0.25) is 4.79 Å². The molecule has 1 fully saturated rings. The van der Waals surface area contributed by atoms with Crippen LogP contribution in [0.4, 0.5) is 0 Å². The Morgan fingerprint density at radius 2 is 2.24 bits per heavy atom. The van der Waals surface area contributed by atoms with Crippen molar-refractivity contribution in [3.63, 3.8) is 0 Å². The third-order valence-corrected chi connectivity index (χ3v) is 3.43. The average molecular weight is 303 g/mol. The van der Waals surface area contributed by atoms with Gasteiger partial charge in [-0.15, -0.1) is 0 Å². The Labute approximate surface area is 127 Å². The van der Waals surface area contributed by atoms with Gasteiger partial charge in [0.1, 0.15) is 6.04 Å². The lowest BCUT2D eigenvalue weighted by molar-refractivity contribution is -0.143. The highest BCUT2D eigenvalue weighted by Crippen LogP contribution is 2.12. The second kappa shape index (κ2) is 10.1. The number of hydrogen-bond acceptors (Lipinski definition) is 6. The number of esters is 1. The molecule has 0 aromatic heterocycles. The molecule has 3 unspecified atom stereocenters. The van der Waals surface area contributed by atoms with Crippen LogP contribution in [0, 0.1) is 5.92 Å². The van der Waals surface area contributed by atoms with Crippen molar-refractivity contribution in [2.45, 2.75) is 51.4 Å². The quantitative estimate of drug-likeness (QED) is 0.579. The van der Waals surface area contributed by atoms with Gasteiger partial charge in [0.2, 0.25) is 0 Å². The number of methoxy groups -OCH3 is 1. The van der Waals surface area contributed by atoms with Gasteiger partial charge in [-0.2, -0.15) is 0 Å². The van der Waals surface area contributed by atoms with Crippen molar-refractivity contribution < 1.29 is 24.1 Å². The van der Waals surface area contributed by atoms with E-state index < -0.39 is 6.10 Å². The molecule has 1 aliphatic heterocycles. The van der Waals surface area contributed by atoms with E-state index in [-0.39, 0.29) is 24.7 Å². The number of ether oxygens (including phenoxy) is 3. The maximum atomic E-state index is 11.6. The zero-order valence-electron chi connectivity index (χ0n) is 13.3. The number of aliphatic hydroxyl groups excluding tert-OH is 1. The summed E-state index contributed by atoms with van der Waals surface area (Å²) in [5, 5.41) is 12.9. The smallest absolute Gasteiger partial charge is 0.322 e. The highest BCUT2D eigenvalue weighted by molar-refractivity contribution is 5.75. The summed E-state index contributed by atoms with van der Waals surface area (Å²) in [7, 11) is 1.37. The molecular formula is C15H29NO5. The first-order valence-corrected chi connectivity index (χ1v) is 7.71. The summed E-state index contributed by atoms with van der Waals surface area (Å²) in [6.07, 6.45) is 2.29. The molecular weight excluding hydrogens is 274 g/mol. The van der Waals surface area contributed by atoms with Gasteiger partial charge in [0.25, 0.3) is 0 Å². The molecule has 0 amide bonds. The first-order valence-electron chi connectivity index (χ1n) is 7.71. The number of carbonyl (C=O) groups is 1. The monoisotopic (exact) mass is 303 g/mol. The molecule has 6 heteroatoms. The largest absolute Gasteiger partial charge is 0.468 e. The zero-order chi connectivity index (χ0) is 15.7. The van der Waals surface area contributed by atoms with Crippen LogP contribution in [-0.4, -0.2) is 62.8 Å². The van der Waals surface area contributed by atoms with E-state index in [1.54, 1.807) is 0 Å². The summed E-state index contributed by atoms with van der Waals surface area (Å²) >= 11 is 0. The third-order valence-electron chi connectivity index (χ3n) is 3.43. The summed E-state index contributed by atoms with van der Waals surface area (Å²) in [4.78, 5) is 11.6. The molecule has 0 aromatic carbocycles. The lowest BCUT2D eigenvalue weighted by Gasteiger charge is -2.20. The van der Waals surface area contributed by atoms with Crippen molar-refractivity contribution in [2.75, 3.05) is 33.5 Å². The molecule has 2 N–H and O–H groups in total. The predicted molar refractivity (Wildman–Crippen MR) is 79.1 cm³/mol. The SMILES string of the molecule is COC(=O)C(CC(C)C)NCC(O)COCC1CCCO1. The second-order valence-corrected chi connectivity index (χ2v) is 5.94. The fraction of sp³-hybridized carbons (Fsp3) is 0.933. The molecule has 1 saturated heterocycles. The van der Waals surface area contributed by atoms with Gasteiger partial charge in [-0.25, -0.2) is 0 Å². The van der Waals surface area contributed by atoms with Crippen LogP contribution in [-0.2, 0) is 19.0 Å². The molecule has 1 heterocycles. The van der Waals surface area contributed by atoms with Crippen molar-refractivity contribution in [3.8, 4) is 0 Å². The van der Waals surface area contributed by atoms with E-state index in [1.165, 1.54) is 7.11 Å². The second-order valence-electron chi connectivity index (χ2n) is 5.94. The minimum atomic E-state index is -0.647. The van der Waals surface area contributed by atoms with Crippen LogP contribution in [0.25, 0.3) is 0 Å². The van der Waals surface area contributed by atoms with E-state index in [2.05, 4.69) is 5.32 Å². The molecule has 0 radical (unpaired) electrons. The lowest BCUT2D eigenvalue weighted by Crippen LogP contribution is -2.43. The predicted octanol–water partition coefficient (Wildman–Crippen LogP) is 0.720. The first-order chi connectivity index (χ1) is 10.0. The summed E-state index contributed by atoms with van der Waals surface area (Å²) in [5.41, 5.74) is 0. The van der Waals surface area contributed by atoms with Crippen molar-refractivity contribution in [2.24, 2.45) is 5.92 Å². The van der Waals surface area contributed by atoms with Gasteiger partial charge in [0.05, 0.1) is 32.5 Å². The fourth-order valence-electron chi connectivity index (χ4n) is 2.33. The summed E-state index contributed by atoms with van der Waals surface area (Å²) in [6.45, 7) is 5.94. The van der Waals surface area contributed by atoms with E-state index in [9.17, 15) is 9.90 Å². The molecule has 0 aliphatic carbocycles. The van der Waals surface area contributed by atoms with Crippen molar-refractivity contribution in [1.82, 2.24) is 5.32 Å². The van der Waals surface area contributed by atoms with Gasteiger partial charge in [-0.1, -0.05) is 13.8 Å². The normalized spacial score (nSPS) is 21.5. The van der Waals surface area contributed by atoms with Crippen LogP contribution in [0.2, 0.25) is 0 Å². The molecule has 124 valence electrons. The maximum Gasteiger partial charge on any atom is 0.322 e. The third kappa shape index (κ3) is 7.76. The van der Waals surface area contributed by atoms with E-state index in [4.69, 9.17) is 14.2 Å². The fourth-order valence-corrected chi connectivity index (χ4v) is 2.33. The molecule has 0 saturated carbocycles. The molecule has 21 heavy (non-hydrogen) atoms. The van der Waals surface area contributed by atoms with Crippen molar-refractivity contribution in [1.29, 1.82) is 0 Å². The Kier molecular flexibility index (Phi) is 8.84. The van der Waals surface area contributed by atoms with Crippen LogP contribution >= 0.6 is 0 Å². The minimum Gasteiger partial charge on any atom is -0.468 e. The Bertz CT molecular complexity index is 292. The molecule has 0 aromatic rings. The highest BCUT2D eigenvalue weighted by Gasteiger charge is 2.21. The molecule has 3 atom stereocenters. The minimum absolute atomic E-state index is 0.161. The van der Waals surface area contributed by atoms with Gasteiger partial charge >= 0.3 is 5.97 Å². The van der Waals surface area contributed by atoms with E-state index in [0.717, 1.165) is 19.4 Å². The van der Waals surface area contributed by atoms with Crippen LogP contribution in [0.15, 0.2) is 0 Å². The average Bonchev–Trinajstić information content (AvgIpc) is 2.95. The van der Waals surface area contributed by atoms with Crippen molar-refractivity contribution in [3.05, 3.63) is 0 Å². The maximum absolute atomic E-state index is 11.6. The van der Waals surface area contributed by atoms with E-state index >= 15 is 0 Å². The van der Waals surface area contributed by atoms with Crippen LogP contribution in [0.1, 0.15) is 33.1 Å². The van der Waals surface area contributed by atoms with Crippen LogP contribution < -0.4 is 5.32 Å². The summed E-state index contributed by atoms with van der Waals surface area (Å²) in [6, 6.07) is -0.386. The molecule has 0 spiro atoms.